The molecule has 2 aromatic rings. The Morgan fingerprint density at radius 1 is 1.33 bits per heavy atom. The van der Waals surface area contributed by atoms with E-state index in [0.29, 0.717) is 5.69 Å². The molecule has 0 bridgehead atoms. The highest BCUT2D eigenvalue weighted by molar-refractivity contribution is 5.94. The van der Waals surface area contributed by atoms with Crippen LogP contribution in [0.4, 0.5) is 0 Å². The number of piperazine rings is 1. The van der Waals surface area contributed by atoms with Gasteiger partial charge in [-0.1, -0.05) is 6.07 Å². The summed E-state index contributed by atoms with van der Waals surface area (Å²) in [5.41, 5.74) is 2.31. The fourth-order valence-electron chi connectivity index (χ4n) is 2.39. The summed E-state index contributed by atoms with van der Waals surface area (Å²) in [6.07, 6.45) is 1.89. The molecular weight excluding hydrogens is 228 g/mol. The highest BCUT2D eigenvalue weighted by atomic mass is 16.2. The van der Waals surface area contributed by atoms with Gasteiger partial charge in [0.1, 0.15) is 11.3 Å². The van der Waals surface area contributed by atoms with Crippen LogP contribution in [0.15, 0.2) is 24.4 Å². The van der Waals surface area contributed by atoms with E-state index in [1.54, 1.807) is 0 Å². The van der Waals surface area contributed by atoms with E-state index in [2.05, 4.69) is 10.3 Å². The molecule has 18 heavy (non-hydrogen) atoms. The molecule has 0 unspecified atom stereocenters. The van der Waals surface area contributed by atoms with Gasteiger partial charge in [0.25, 0.3) is 5.91 Å². The molecule has 0 spiro atoms. The molecule has 0 radical (unpaired) electrons. The van der Waals surface area contributed by atoms with E-state index in [1.165, 1.54) is 0 Å². The maximum absolute atomic E-state index is 12.5. The van der Waals surface area contributed by atoms with Gasteiger partial charge in [0, 0.05) is 32.4 Å². The van der Waals surface area contributed by atoms with Crippen molar-refractivity contribution in [1.82, 2.24) is 19.6 Å². The van der Waals surface area contributed by atoms with Gasteiger partial charge in [0.15, 0.2) is 0 Å². The normalized spacial score (nSPS) is 16.2. The van der Waals surface area contributed by atoms with Crippen molar-refractivity contribution in [1.29, 1.82) is 0 Å². The molecule has 3 heterocycles. The summed E-state index contributed by atoms with van der Waals surface area (Å²) in [6.45, 7) is 5.14. The lowest BCUT2D eigenvalue weighted by atomic mass is 10.2. The van der Waals surface area contributed by atoms with E-state index in [4.69, 9.17) is 0 Å². The van der Waals surface area contributed by atoms with Gasteiger partial charge in [-0.2, -0.15) is 0 Å². The van der Waals surface area contributed by atoms with Crippen molar-refractivity contribution in [2.75, 3.05) is 26.2 Å². The van der Waals surface area contributed by atoms with Crippen molar-refractivity contribution in [3.63, 3.8) is 0 Å². The van der Waals surface area contributed by atoms with Crippen LogP contribution in [-0.4, -0.2) is 46.4 Å². The largest absolute Gasteiger partial charge is 0.335 e. The Bertz CT molecular complexity index is 584. The Morgan fingerprint density at radius 2 is 2.11 bits per heavy atom. The number of aromatic nitrogens is 2. The SMILES string of the molecule is Cc1nc2ccccn2c1C(=O)N1CCNCC1. The molecule has 1 amide bonds. The van der Waals surface area contributed by atoms with Crippen LogP contribution in [0, 0.1) is 6.92 Å². The number of fused-ring (bicyclic) bond motifs is 1. The van der Waals surface area contributed by atoms with Crippen LogP contribution in [0.5, 0.6) is 0 Å². The van der Waals surface area contributed by atoms with Crippen molar-refractivity contribution < 1.29 is 4.79 Å². The van der Waals surface area contributed by atoms with Gasteiger partial charge in [-0.05, 0) is 19.1 Å². The van der Waals surface area contributed by atoms with Gasteiger partial charge >= 0.3 is 0 Å². The number of carbonyl (C=O) groups is 1. The highest BCUT2D eigenvalue weighted by Crippen LogP contribution is 2.14. The number of pyridine rings is 1. The maximum atomic E-state index is 12.5. The Balaban J connectivity index is 2.02. The number of hydrogen-bond acceptors (Lipinski definition) is 3. The number of amides is 1. The van der Waals surface area contributed by atoms with E-state index in [0.717, 1.165) is 37.5 Å². The maximum Gasteiger partial charge on any atom is 0.272 e. The van der Waals surface area contributed by atoms with E-state index in [9.17, 15) is 4.79 Å². The molecule has 1 saturated heterocycles. The third kappa shape index (κ3) is 1.76. The Kier molecular flexibility index (Phi) is 2.76. The molecule has 94 valence electrons. The van der Waals surface area contributed by atoms with Gasteiger partial charge in [-0.3, -0.25) is 9.20 Å². The Hall–Kier alpha value is -1.88. The zero-order valence-electron chi connectivity index (χ0n) is 10.4. The summed E-state index contributed by atoms with van der Waals surface area (Å²) >= 11 is 0. The summed E-state index contributed by atoms with van der Waals surface area (Å²) in [4.78, 5) is 18.9. The molecular formula is C13H16N4O. The molecule has 1 aliphatic heterocycles. The lowest BCUT2D eigenvalue weighted by molar-refractivity contribution is 0.0728. The lowest BCUT2D eigenvalue weighted by Gasteiger charge is -2.27. The summed E-state index contributed by atoms with van der Waals surface area (Å²) < 4.78 is 1.87. The number of rotatable bonds is 1. The second-order valence-corrected chi connectivity index (χ2v) is 4.52. The second-order valence-electron chi connectivity index (χ2n) is 4.52. The number of nitrogens with one attached hydrogen (secondary N) is 1. The van der Waals surface area contributed by atoms with E-state index >= 15 is 0 Å². The zero-order valence-corrected chi connectivity index (χ0v) is 10.4. The smallest absolute Gasteiger partial charge is 0.272 e. The number of imidazole rings is 1. The fraction of sp³-hybridized carbons (Fsp3) is 0.385. The third-order valence-electron chi connectivity index (χ3n) is 3.31. The Morgan fingerprint density at radius 3 is 2.89 bits per heavy atom. The fourth-order valence-corrected chi connectivity index (χ4v) is 2.39. The van der Waals surface area contributed by atoms with Crippen LogP contribution in [-0.2, 0) is 0 Å². The first-order valence-corrected chi connectivity index (χ1v) is 6.21. The van der Waals surface area contributed by atoms with Gasteiger partial charge in [-0.25, -0.2) is 4.98 Å². The first-order valence-electron chi connectivity index (χ1n) is 6.21. The summed E-state index contributed by atoms with van der Waals surface area (Å²) in [5, 5.41) is 3.25. The van der Waals surface area contributed by atoms with Crippen molar-refractivity contribution >= 4 is 11.6 Å². The van der Waals surface area contributed by atoms with Crippen molar-refractivity contribution in [2.24, 2.45) is 0 Å². The Labute approximate surface area is 105 Å². The highest BCUT2D eigenvalue weighted by Gasteiger charge is 2.23. The van der Waals surface area contributed by atoms with Crippen LogP contribution >= 0.6 is 0 Å². The van der Waals surface area contributed by atoms with E-state index < -0.39 is 0 Å². The van der Waals surface area contributed by atoms with Crippen molar-refractivity contribution in [2.45, 2.75) is 6.92 Å². The molecule has 1 fully saturated rings. The second kappa shape index (κ2) is 4.42. The number of nitrogens with zero attached hydrogens (tertiary/aromatic N) is 3. The lowest BCUT2D eigenvalue weighted by Crippen LogP contribution is -2.46. The average Bonchev–Trinajstić information content (AvgIpc) is 2.75. The predicted octanol–water partition coefficient (Wildman–Crippen LogP) is 0.688. The summed E-state index contributed by atoms with van der Waals surface area (Å²) in [6, 6.07) is 5.77. The predicted molar refractivity (Wildman–Crippen MR) is 68.7 cm³/mol. The molecule has 1 N–H and O–H groups in total. The molecule has 3 rings (SSSR count). The molecule has 5 nitrogen and oxygen atoms in total. The summed E-state index contributed by atoms with van der Waals surface area (Å²) in [7, 11) is 0. The average molecular weight is 244 g/mol. The van der Waals surface area contributed by atoms with Gasteiger partial charge in [0.05, 0.1) is 5.69 Å². The standard InChI is InChI=1S/C13H16N4O/c1-10-12(13(18)16-8-5-14-6-9-16)17-7-3-2-4-11(17)15-10/h2-4,7,14H,5-6,8-9H2,1H3. The minimum absolute atomic E-state index is 0.0766. The van der Waals surface area contributed by atoms with Gasteiger partial charge < -0.3 is 10.2 Å². The van der Waals surface area contributed by atoms with Crippen LogP contribution in [0.25, 0.3) is 5.65 Å². The monoisotopic (exact) mass is 244 g/mol. The topological polar surface area (TPSA) is 49.6 Å². The summed E-state index contributed by atoms with van der Waals surface area (Å²) in [5.74, 6) is 0.0766. The van der Waals surface area contributed by atoms with Gasteiger partial charge in [0.2, 0.25) is 0 Å². The quantitative estimate of drug-likeness (QED) is 0.803. The number of carbonyl (C=O) groups excluding carboxylic acids is 1. The number of hydrogen-bond donors (Lipinski definition) is 1. The molecule has 1 aliphatic rings. The van der Waals surface area contributed by atoms with Crippen LogP contribution in [0.2, 0.25) is 0 Å². The molecule has 0 saturated carbocycles. The molecule has 0 aromatic carbocycles. The zero-order chi connectivity index (χ0) is 12.5. The molecule has 0 atom stereocenters. The van der Waals surface area contributed by atoms with Crippen LogP contribution in [0.1, 0.15) is 16.2 Å². The molecule has 5 heteroatoms. The van der Waals surface area contributed by atoms with Crippen molar-refractivity contribution in [3.8, 4) is 0 Å². The van der Waals surface area contributed by atoms with E-state index in [1.807, 2.05) is 40.6 Å². The van der Waals surface area contributed by atoms with Crippen LogP contribution in [0.3, 0.4) is 0 Å². The minimum atomic E-state index is 0.0766. The number of aryl methyl sites for hydroxylation is 1. The van der Waals surface area contributed by atoms with Crippen LogP contribution < -0.4 is 5.32 Å². The van der Waals surface area contributed by atoms with E-state index in [-0.39, 0.29) is 5.91 Å². The molecule has 2 aromatic heterocycles. The first-order chi connectivity index (χ1) is 8.77. The third-order valence-corrected chi connectivity index (χ3v) is 3.31. The van der Waals surface area contributed by atoms with Crippen molar-refractivity contribution in [3.05, 3.63) is 35.8 Å². The molecule has 0 aliphatic carbocycles. The minimum Gasteiger partial charge on any atom is -0.335 e. The van der Waals surface area contributed by atoms with Gasteiger partial charge in [-0.15, -0.1) is 0 Å². The first kappa shape index (κ1) is 11.2.